The fourth-order valence-electron chi connectivity index (χ4n) is 2.71. The van der Waals surface area contributed by atoms with Gasteiger partial charge in [-0.3, -0.25) is 4.79 Å². The lowest BCUT2D eigenvalue weighted by Gasteiger charge is -2.26. The van der Waals surface area contributed by atoms with Crippen LogP contribution in [0.4, 0.5) is 0 Å². The molecule has 1 aromatic heterocycles. The molecular weight excluding hydrogens is 248 g/mol. The Morgan fingerprint density at radius 2 is 2.05 bits per heavy atom. The fraction of sp³-hybridized carbons (Fsp3) is 0.769. The van der Waals surface area contributed by atoms with Crippen molar-refractivity contribution in [2.75, 3.05) is 7.11 Å². The summed E-state index contributed by atoms with van der Waals surface area (Å²) in [4.78, 5) is 15.8. The fourth-order valence-corrected chi connectivity index (χ4v) is 2.71. The predicted octanol–water partition coefficient (Wildman–Crippen LogP) is 2.18. The van der Waals surface area contributed by atoms with E-state index in [0.29, 0.717) is 31.0 Å². The molecule has 1 saturated carbocycles. The van der Waals surface area contributed by atoms with Crippen molar-refractivity contribution < 1.29 is 19.2 Å². The SMILES string of the molecule is COCc1noc(CC2(C(=O)O)CCCCCC2)n1. The minimum atomic E-state index is -0.749. The normalized spacial score (nSPS) is 19.0. The first-order chi connectivity index (χ1) is 9.16. The highest BCUT2D eigenvalue weighted by Gasteiger charge is 2.40. The Kier molecular flexibility index (Phi) is 4.52. The number of rotatable bonds is 5. The van der Waals surface area contributed by atoms with Gasteiger partial charge in [-0.05, 0) is 12.8 Å². The van der Waals surface area contributed by atoms with Gasteiger partial charge in [0.05, 0.1) is 5.41 Å². The summed E-state index contributed by atoms with van der Waals surface area (Å²) in [5.74, 6) is 0.115. The van der Waals surface area contributed by atoms with Crippen molar-refractivity contribution in [1.82, 2.24) is 10.1 Å². The number of carbonyl (C=O) groups is 1. The minimum Gasteiger partial charge on any atom is -0.481 e. The van der Waals surface area contributed by atoms with Crippen molar-refractivity contribution in [2.45, 2.75) is 51.6 Å². The second kappa shape index (κ2) is 6.14. The third-order valence-electron chi connectivity index (χ3n) is 3.79. The molecule has 0 aliphatic heterocycles. The number of nitrogens with zero attached hydrogens (tertiary/aromatic N) is 2. The Morgan fingerprint density at radius 1 is 1.37 bits per heavy atom. The van der Waals surface area contributed by atoms with Crippen LogP contribution in [0.2, 0.25) is 0 Å². The maximum Gasteiger partial charge on any atom is 0.310 e. The van der Waals surface area contributed by atoms with Gasteiger partial charge >= 0.3 is 5.97 Å². The van der Waals surface area contributed by atoms with E-state index in [1.54, 1.807) is 7.11 Å². The van der Waals surface area contributed by atoms with E-state index < -0.39 is 11.4 Å². The number of carboxylic acid groups (broad SMARTS) is 1. The Bertz CT molecular complexity index is 422. The smallest absolute Gasteiger partial charge is 0.310 e. The van der Waals surface area contributed by atoms with Crippen LogP contribution >= 0.6 is 0 Å². The summed E-state index contributed by atoms with van der Waals surface area (Å²) in [7, 11) is 1.56. The average Bonchev–Trinajstić information content (AvgIpc) is 2.66. The summed E-state index contributed by atoms with van der Waals surface area (Å²) in [6.07, 6.45) is 5.80. The van der Waals surface area contributed by atoms with E-state index in [4.69, 9.17) is 9.26 Å². The van der Waals surface area contributed by atoms with Crippen LogP contribution < -0.4 is 0 Å². The summed E-state index contributed by atoms with van der Waals surface area (Å²) in [6, 6.07) is 0. The van der Waals surface area contributed by atoms with Crippen LogP contribution in [0.25, 0.3) is 0 Å². The van der Waals surface area contributed by atoms with Gasteiger partial charge in [-0.2, -0.15) is 4.98 Å². The molecule has 1 N–H and O–H groups in total. The largest absolute Gasteiger partial charge is 0.481 e. The molecule has 1 fully saturated rings. The van der Waals surface area contributed by atoms with Gasteiger partial charge in [0.25, 0.3) is 0 Å². The Labute approximate surface area is 112 Å². The van der Waals surface area contributed by atoms with Gasteiger partial charge in [0.1, 0.15) is 6.61 Å². The van der Waals surface area contributed by atoms with Gasteiger partial charge in [-0.1, -0.05) is 30.8 Å². The molecule has 0 amide bonds. The van der Waals surface area contributed by atoms with Crippen molar-refractivity contribution in [3.63, 3.8) is 0 Å². The van der Waals surface area contributed by atoms with Gasteiger partial charge < -0.3 is 14.4 Å². The van der Waals surface area contributed by atoms with Crippen molar-refractivity contribution in [2.24, 2.45) is 5.41 Å². The van der Waals surface area contributed by atoms with Crippen LogP contribution in [0.3, 0.4) is 0 Å². The summed E-state index contributed by atoms with van der Waals surface area (Å²) in [5.41, 5.74) is -0.743. The Balaban J connectivity index is 2.12. The van der Waals surface area contributed by atoms with Crippen molar-refractivity contribution in [1.29, 1.82) is 0 Å². The first-order valence-electron chi connectivity index (χ1n) is 6.70. The van der Waals surface area contributed by atoms with Crippen molar-refractivity contribution in [3.8, 4) is 0 Å². The van der Waals surface area contributed by atoms with E-state index >= 15 is 0 Å². The number of aromatic nitrogens is 2. The highest BCUT2D eigenvalue weighted by molar-refractivity contribution is 5.74. The van der Waals surface area contributed by atoms with E-state index in [0.717, 1.165) is 25.7 Å². The molecule has 0 atom stereocenters. The van der Waals surface area contributed by atoms with Crippen LogP contribution in [0.15, 0.2) is 4.52 Å². The molecular formula is C13H20N2O4. The van der Waals surface area contributed by atoms with Crippen LogP contribution in [-0.2, 0) is 22.6 Å². The highest BCUT2D eigenvalue weighted by atomic mass is 16.5. The minimum absolute atomic E-state index is 0.281. The third kappa shape index (κ3) is 3.32. The molecule has 0 radical (unpaired) electrons. The summed E-state index contributed by atoms with van der Waals surface area (Å²) >= 11 is 0. The van der Waals surface area contributed by atoms with Gasteiger partial charge in [0, 0.05) is 13.5 Å². The second-order valence-corrected chi connectivity index (χ2v) is 5.21. The zero-order chi connectivity index (χ0) is 13.7. The van der Waals surface area contributed by atoms with E-state index in [2.05, 4.69) is 10.1 Å². The molecule has 1 aliphatic rings. The quantitative estimate of drug-likeness (QED) is 0.824. The van der Waals surface area contributed by atoms with Crippen molar-refractivity contribution in [3.05, 3.63) is 11.7 Å². The molecule has 2 rings (SSSR count). The number of aliphatic carboxylic acids is 1. The molecule has 0 saturated heterocycles. The zero-order valence-corrected chi connectivity index (χ0v) is 11.2. The van der Waals surface area contributed by atoms with E-state index in [1.165, 1.54) is 0 Å². The summed E-state index contributed by atoms with van der Waals surface area (Å²) < 4.78 is 10.1. The molecule has 19 heavy (non-hydrogen) atoms. The number of hydrogen-bond donors (Lipinski definition) is 1. The highest BCUT2D eigenvalue weighted by Crippen LogP contribution is 2.38. The summed E-state index contributed by atoms with van der Waals surface area (Å²) in [6.45, 7) is 0.281. The maximum absolute atomic E-state index is 11.7. The summed E-state index contributed by atoms with van der Waals surface area (Å²) in [5, 5.41) is 13.4. The second-order valence-electron chi connectivity index (χ2n) is 5.21. The van der Waals surface area contributed by atoms with E-state index in [1.807, 2.05) is 0 Å². The number of methoxy groups -OCH3 is 1. The molecule has 1 aliphatic carbocycles. The molecule has 0 aromatic carbocycles. The first kappa shape index (κ1) is 14.0. The maximum atomic E-state index is 11.7. The van der Waals surface area contributed by atoms with E-state index in [9.17, 15) is 9.90 Å². The number of hydrogen-bond acceptors (Lipinski definition) is 5. The van der Waals surface area contributed by atoms with Gasteiger partial charge in [0.2, 0.25) is 5.89 Å². The van der Waals surface area contributed by atoms with E-state index in [-0.39, 0.29) is 6.61 Å². The predicted molar refractivity (Wildman–Crippen MR) is 66.5 cm³/mol. The molecule has 106 valence electrons. The Hall–Kier alpha value is -1.43. The average molecular weight is 268 g/mol. The topological polar surface area (TPSA) is 85.5 Å². The molecule has 6 heteroatoms. The van der Waals surface area contributed by atoms with Gasteiger partial charge in [-0.25, -0.2) is 0 Å². The Morgan fingerprint density at radius 3 is 2.63 bits per heavy atom. The lowest BCUT2D eigenvalue weighted by molar-refractivity contribution is -0.150. The lowest BCUT2D eigenvalue weighted by Crippen LogP contribution is -2.33. The van der Waals surface area contributed by atoms with Crippen LogP contribution in [0.5, 0.6) is 0 Å². The number of ether oxygens (including phenoxy) is 1. The zero-order valence-electron chi connectivity index (χ0n) is 11.2. The van der Waals surface area contributed by atoms with Gasteiger partial charge in [-0.15, -0.1) is 0 Å². The molecule has 0 bridgehead atoms. The van der Waals surface area contributed by atoms with Crippen LogP contribution in [0, 0.1) is 5.41 Å². The van der Waals surface area contributed by atoms with Crippen LogP contribution in [-0.4, -0.2) is 28.3 Å². The first-order valence-corrected chi connectivity index (χ1v) is 6.70. The standard InChI is InChI=1S/C13H20N2O4/c1-18-9-10-14-11(19-15-10)8-13(12(16)17)6-4-2-3-5-7-13/h2-9H2,1H3,(H,16,17). The molecule has 1 heterocycles. The third-order valence-corrected chi connectivity index (χ3v) is 3.79. The molecule has 0 spiro atoms. The monoisotopic (exact) mass is 268 g/mol. The van der Waals surface area contributed by atoms with Crippen LogP contribution in [0.1, 0.15) is 50.2 Å². The number of carboxylic acids is 1. The van der Waals surface area contributed by atoms with Gasteiger partial charge in [0.15, 0.2) is 5.82 Å². The molecule has 6 nitrogen and oxygen atoms in total. The lowest BCUT2D eigenvalue weighted by atomic mass is 9.77. The molecule has 1 aromatic rings. The molecule has 0 unspecified atom stereocenters. The van der Waals surface area contributed by atoms with Crippen molar-refractivity contribution >= 4 is 5.97 Å².